The third-order valence-corrected chi connectivity index (χ3v) is 5.04. The lowest BCUT2D eigenvalue weighted by Gasteiger charge is -2.34. The Morgan fingerprint density at radius 1 is 1.12 bits per heavy atom. The largest absolute Gasteiger partial charge is 0.339 e. The van der Waals surface area contributed by atoms with Crippen LogP contribution in [0.3, 0.4) is 0 Å². The number of hydrogen-bond acceptors (Lipinski definition) is 3. The minimum Gasteiger partial charge on any atom is -0.339 e. The lowest BCUT2D eigenvalue weighted by molar-refractivity contribution is -0.133. The van der Waals surface area contributed by atoms with Crippen LogP contribution >= 0.6 is 23.2 Å². The minimum atomic E-state index is 0.150. The molecular formula is C17H20Cl2N4O. The van der Waals surface area contributed by atoms with Crippen molar-refractivity contribution < 1.29 is 4.79 Å². The molecule has 0 spiro atoms. The molecule has 1 aromatic heterocycles. The third-order valence-electron chi connectivity index (χ3n) is 4.30. The molecule has 0 bridgehead atoms. The Bertz CT molecular complexity index is 682. The van der Waals surface area contributed by atoms with E-state index in [4.69, 9.17) is 23.2 Å². The fourth-order valence-corrected chi connectivity index (χ4v) is 3.16. The molecule has 3 rings (SSSR count). The van der Waals surface area contributed by atoms with Crippen LogP contribution < -0.4 is 0 Å². The average Bonchev–Trinajstić information content (AvgIpc) is 3.09. The quantitative estimate of drug-likeness (QED) is 0.816. The molecular weight excluding hydrogens is 347 g/mol. The zero-order chi connectivity index (χ0) is 16.9. The first-order chi connectivity index (χ1) is 11.6. The molecule has 128 valence electrons. The predicted octanol–water partition coefficient (Wildman–Crippen LogP) is 2.58. The van der Waals surface area contributed by atoms with E-state index in [1.165, 1.54) is 5.56 Å². The molecule has 7 heteroatoms. The molecule has 0 N–H and O–H groups in total. The number of nitrogens with zero attached hydrogens (tertiary/aromatic N) is 4. The van der Waals surface area contributed by atoms with Crippen LogP contribution in [0.25, 0.3) is 0 Å². The van der Waals surface area contributed by atoms with Gasteiger partial charge in [0.15, 0.2) is 0 Å². The van der Waals surface area contributed by atoms with E-state index in [1.807, 2.05) is 29.3 Å². The molecule has 0 atom stereocenters. The molecule has 1 aliphatic heterocycles. The molecule has 0 aliphatic carbocycles. The van der Waals surface area contributed by atoms with Gasteiger partial charge in [0.1, 0.15) is 6.54 Å². The number of benzene rings is 1. The van der Waals surface area contributed by atoms with Crippen molar-refractivity contribution in [1.29, 1.82) is 0 Å². The van der Waals surface area contributed by atoms with Crippen LogP contribution in [0.2, 0.25) is 10.0 Å². The maximum atomic E-state index is 12.3. The first kappa shape index (κ1) is 17.3. The number of rotatable bonds is 5. The Labute approximate surface area is 151 Å². The molecule has 5 nitrogen and oxygen atoms in total. The van der Waals surface area contributed by atoms with Crippen LogP contribution in [0.4, 0.5) is 0 Å². The first-order valence-corrected chi connectivity index (χ1v) is 8.77. The SMILES string of the molecule is O=C(Cn1ccnc1)N1CCN(CCc2ccc(Cl)c(Cl)c2)CC1. The van der Waals surface area contributed by atoms with Crippen LogP contribution in [0.15, 0.2) is 36.9 Å². The van der Waals surface area contributed by atoms with Gasteiger partial charge in [-0.05, 0) is 24.1 Å². The standard InChI is InChI=1S/C17H20Cl2N4O/c18-15-2-1-14(11-16(15)19)3-5-21-7-9-23(10-8-21)17(24)12-22-6-4-20-13-22/h1-2,4,6,11,13H,3,5,7-10,12H2. The Kier molecular flexibility index (Phi) is 5.76. The fraction of sp³-hybridized carbons (Fsp3) is 0.412. The molecule has 24 heavy (non-hydrogen) atoms. The second-order valence-corrected chi connectivity index (χ2v) is 6.77. The van der Waals surface area contributed by atoms with Crippen molar-refractivity contribution in [3.8, 4) is 0 Å². The van der Waals surface area contributed by atoms with Gasteiger partial charge in [0, 0.05) is 45.1 Å². The molecule has 1 aliphatic rings. The molecule has 1 fully saturated rings. The zero-order valence-corrected chi connectivity index (χ0v) is 14.9. The highest BCUT2D eigenvalue weighted by Crippen LogP contribution is 2.22. The third kappa shape index (κ3) is 4.50. The van der Waals surface area contributed by atoms with Crippen LogP contribution in [0.1, 0.15) is 5.56 Å². The Morgan fingerprint density at radius 2 is 1.92 bits per heavy atom. The molecule has 1 amide bonds. The van der Waals surface area contributed by atoms with Crippen LogP contribution in [-0.2, 0) is 17.8 Å². The summed E-state index contributed by atoms with van der Waals surface area (Å²) in [5, 5.41) is 1.19. The second-order valence-electron chi connectivity index (χ2n) is 5.96. The van der Waals surface area contributed by atoms with Gasteiger partial charge in [0.25, 0.3) is 0 Å². The summed E-state index contributed by atoms with van der Waals surface area (Å²) in [6, 6.07) is 5.78. The van der Waals surface area contributed by atoms with Crippen LogP contribution in [0.5, 0.6) is 0 Å². The summed E-state index contributed by atoms with van der Waals surface area (Å²) >= 11 is 12.0. The fourth-order valence-electron chi connectivity index (χ4n) is 2.84. The normalized spacial score (nSPS) is 15.7. The van der Waals surface area contributed by atoms with Gasteiger partial charge in [-0.15, -0.1) is 0 Å². The topological polar surface area (TPSA) is 41.4 Å². The number of carbonyl (C=O) groups is 1. The van der Waals surface area contributed by atoms with E-state index in [0.29, 0.717) is 16.6 Å². The summed E-state index contributed by atoms with van der Waals surface area (Å²) < 4.78 is 1.80. The summed E-state index contributed by atoms with van der Waals surface area (Å²) in [5.41, 5.74) is 1.18. The summed E-state index contributed by atoms with van der Waals surface area (Å²) in [6.07, 6.45) is 6.10. The highest BCUT2D eigenvalue weighted by molar-refractivity contribution is 6.42. The number of imidazole rings is 1. The maximum absolute atomic E-state index is 12.3. The summed E-state index contributed by atoms with van der Waals surface area (Å²) in [6.45, 7) is 4.67. The predicted molar refractivity (Wildman–Crippen MR) is 95.4 cm³/mol. The minimum absolute atomic E-state index is 0.150. The van der Waals surface area contributed by atoms with Gasteiger partial charge in [-0.2, -0.15) is 0 Å². The number of halogens is 2. The summed E-state index contributed by atoms with van der Waals surface area (Å²) in [7, 11) is 0. The van der Waals surface area contributed by atoms with E-state index < -0.39 is 0 Å². The van der Waals surface area contributed by atoms with Gasteiger partial charge < -0.3 is 9.47 Å². The zero-order valence-electron chi connectivity index (χ0n) is 13.4. The van der Waals surface area contributed by atoms with E-state index in [2.05, 4.69) is 9.88 Å². The van der Waals surface area contributed by atoms with Crippen molar-refractivity contribution in [3.05, 3.63) is 52.5 Å². The van der Waals surface area contributed by atoms with Gasteiger partial charge in [-0.25, -0.2) is 4.98 Å². The van der Waals surface area contributed by atoms with E-state index >= 15 is 0 Å². The Hall–Kier alpha value is -1.56. The number of amides is 1. The van der Waals surface area contributed by atoms with Crippen molar-refractivity contribution in [2.75, 3.05) is 32.7 Å². The van der Waals surface area contributed by atoms with Gasteiger partial charge in [-0.1, -0.05) is 29.3 Å². The van der Waals surface area contributed by atoms with Crippen molar-refractivity contribution in [2.45, 2.75) is 13.0 Å². The van der Waals surface area contributed by atoms with Crippen molar-refractivity contribution in [2.24, 2.45) is 0 Å². The number of hydrogen-bond donors (Lipinski definition) is 0. The van der Waals surface area contributed by atoms with E-state index in [0.717, 1.165) is 39.1 Å². The highest BCUT2D eigenvalue weighted by atomic mass is 35.5. The Balaban J connectivity index is 1.43. The van der Waals surface area contributed by atoms with Crippen molar-refractivity contribution in [1.82, 2.24) is 19.4 Å². The lowest BCUT2D eigenvalue weighted by Crippen LogP contribution is -2.49. The van der Waals surface area contributed by atoms with E-state index in [9.17, 15) is 4.79 Å². The number of piperazine rings is 1. The van der Waals surface area contributed by atoms with Crippen molar-refractivity contribution >= 4 is 29.1 Å². The monoisotopic (exact) mass is 366 g/mol. The van der Waals surface area contributed by atoms with Crippen LogP contribution in [-0.4, -0.2) is 58.0 Å². The van der Waals surface area contributed by atoms with Gasteiger partial charge in [0.2, 0.25) is 5.91 Å². The van der Waals surface area contributed by atoms with E-state index in [-0.39, 0.29) is 5.91 Å². The molecule has 0 saturated carbocycles. The molecule has 1 aromatic carbocycles. The van der Waals surface area contributed by atoms with Crippen LogP contribution in [0, 0.1) is 0 Å². The van der Waals surface area contributed by atoms with Crippen molar-refractivity contribution in [3.63, 3.8) is 0 Å². The first-order valence-electron chi connectivity index (χ1n) is 8.01. The molecule has 1 saturated heterocycles. The van der Waals surface area contributed by atoms with Gasteiger partial charge >= 0.3 is 0 Å². The molecule has 0 unspecified atom stereocenters. The lowest BCUT2D eigenvalue weighted by atomic mass is 10.1. The molecule has 2 heterocycles. The summed E-state index contributed by atoms with van der Waals surface area (Å²) in [4.78, 5) is 20.5. The number of carbonyl (C=O) groups excluding carboxylic acids is 1. The average molecular weight is 367 g/mol. The second kappa shape index (κ2) is 8.01. The maximum Gasteiger partial charge on any atom is 0.242 e. The number of aromatic nitrogens is 2. The molecule has 0 radical (unpaired) electrons. The molecule has 2 aromatic rings. The smallest absolute Gasteiger partial charge is 0.242 e. The summed E-state index contributed by atoms with van der Waals surface area (Å²) in [5.74, 6) is 0.150. The van der Waals surface area contributed by atoms with E-state index in [1.54, 1.807) is 17.1 Å². The van der Waals surface area contributed by atoms with Gasteiger partial charge in [0.05, 0.1) is 16.4 Å². The van der Waals surface area contributed by atoms with Gasteiger partial charge in [-0.3, -0.25) is 9.69 Å². The highest BCUT2D eigenvalue weighted by Gasteiger charge is 2.20. The Morgan fingerprint density at radius 3 is 2.58 bits per heavy atom.